The highest BCUT2D eigenvalue weighted by Crippen LogP contribution is 2.15. The Balaban J connectivity index is 2.23. The molecule has 8 heteroatoms. The van der Waals surface area contributed by atoms with E-state index in [0.29, 0.717) is 13.0 Å². The van der Waals surface area contributed by atoms with E-state index < -0.39 is 16.0 Å². The van der Waals surface area contributed by atoms with Gasteiger partial charge in [-0.25, -0.2) is 17.9 Å². The number of aromatic carboxylic acids is 1. The lowest BCUT2D eigenvalue weighted by Crippen LogP contribution is -2.22. The van der Waals surface area contributed by atoms with Crippen molar-refractivity contribution in [3.05, 3.63) is 42.0 Å². The number of aromatic nitrogens is 2. The summed E-state index contributed by atoms with van der Waals surface area (Å²) in [7, 11) is -3.74. The highest BCUT2D eigenvalue weighted by Gasteiger charge is 2.21. The maximum atomic E-state index is 12.2. The van der Waals surface area contributed by atoms with Crippen molar-refractivity contribution in [2.45, 2.75) is 31.3 Å². The van der Waals surface area contributed by atoms with Crippen LogP contribution in [0.15, 0.2) is 35.6 Å². The van der Waals surface area contributed by atoms with Crippen LogP contribution in [0.25, 0.3) is 0 Å². The molecule has 0 fully saturated rings. The topological polar surface area (TPSA) is 104 Å². The summed E-state index contributed by atoms with van der Waals surface area (Å²) in [6, 6.07) is 2.94. The summed E-state index contributed by atoms with van der Waals surface area (Å²) in [5, 5.41) is 9.11. The van der Waals surface area contributed by atoms with Crippen molar-refractivity contribution in [2.24, 2.45) is 0 Å². The molecule has 0 saturated heterocycles. The van der Waals surface area contributed by atoms with Crippen molar-refractivity contribution in [2.75, 3.05) is 0 Å². The molecule has 0 aromatic carbocycles. The van der Waals surface area contributed by atoms with Crippen LogP contribution < -0.4 is 4.72 Å². The number of carboxylic acids is 1. The lowest BCUT2D eigenvalue weighted by atomic mass is 10.4. The SMILES string of the molecule is CCCn1cc(S(=O)(=O)NCc2cc[nH]c2)cc1C(=O)O. The fourth-order valence-corrected chi connectivity index (χ4v) is 3.02. The summed E-state index contributed by atoms with van der Waals surface area (Å²) in [5.41, 5.74) is 0.767. The molecule has 0 saturated carbocycles. The molecule has 0 amide bonds. The molecule has 2 aromatic rings. The number of nitrogens with one attached hydrogen (secondary N) is 2. The Labute approximate surface area is 122 Å². The first-order valence-corrected chi connectivity index (χ1v) is 7.97. The third-order valence-electron chi connectivity index (χ3n) is 2.99. The minimum Gasteiger partial charge on any atom is -0.477 e. The number of carbonyl (C=O) groups is 1. The molecular weight excluding hydrogens is 294 g/mol. The summed E-state index contributed by atoms with van der Waals surface area (Å²) in [5.74, 6) is -1.14. The maximum absolute atomic E-state index is 12.2. The van der Waals surface area contributed by atoms with Crippen molar-refractivity contribution >= 4 is 16.0 Å². The van der Waals surface area contributed by atoms with E-state index in [2.05, 4.69) is 9.71 Å². The average Bonchev–Trinajstić information content (AvgIpc) is 3.06. The van der Waals surface area contributed by atoms with Gasteiger partial charge in [0, 0.05) is 31.7 Å². The van der Waals surface area contributed by atoms with Crippen LogP contribution in [0.3, 0.4) is 0 Å². The number of hydrogen-bond donors (Lipinski definition) is 3. The molecule has 2 aromatic heterocycles. The van der Waals surface area contributed by atoms with Gasteiger partial charge in [0.25, 0.3) is 0 Å². The molecule has 0 atom stereocenters. The van der Waals surface area contributed by atoms with Crippen LogP contribution in [0.2, 0.25) is 0 Å². The molecule has 2 heterocycles. The first kappa shape index (κ1) is 15.3. The summed E-state index contributed by atoms with van der Waals surface area (Å²) in [4.78, 5) is 13.9. The van der Waals surface area contributed by atoms with Crippen LogP contribution in [0.4, 0.5) is 0 Å². The number of hydrogen-bond acceptors (Lipinski definition) is 3. The summed E-state index contributed by atoms with van der Waals surface area (Å²) in [6.45, 7) is 2.49. The first-order valence-electron chi connectivity index (χ1n) is 6.49. The van der Waals surface area contributed by atoms with Crippen molar-refractivity contribution < 1.29 is 18.3 Å². The first-order chi connectivity index (χ1) is 9.94. The number of rotatable bonds is 7. The molecule has 0 bridgehead atoms. The van der Waals surface area contributed by atoms with E-state index in [1.807, 2.05) is 6.92 Å². The lowest BCUT2D eigenvalue weighted by molar-refractivity contribution is 0.0685. The van der Waals surface area contributed by atoms with Gasteiger partial charge in [0.05, 0.1) is 0 Å². The van der Waals surface area contributed by atoms with Gasteiger partial charge < -0.3 is 14.7 Å². The minimum absolute atomic E-state index is 0.0288. The molecule has 2 rings (SSSR count). The quantitative estimate of drug-likeness (QED) is 0.719. The van der Waals surface area contributed by atoms with E-state index in [9.17, 15) is 13.2 Å². The van der Waals surface area contributed by atoms with E-state index in [1.54, 1.807) is 18.5 Å². The van der Waals surface area contributed by atoms with Crippen LogP contribution in [0.1, 0.15) is 29.4 Å². The molecule has 21 heavy (non-hydrogen) atoms. The second-order valence-electron chi connectivity index (χ2n) is 4.60. The highest BCUT2D eigenvalue weighted by molar-refractivity contribution is 7.89. The summed E-state index contributed by atoms with van der Waals surface area (Å²) in [6.07, 6.45) is 5.45. The zero-order valence-electron chi connectivity index (χ0n) is 11.5. The van der Waals surface area contributed by atoms with E-state index in [-0.39, 0.29) is 17.1 Å². The van der Waals surface area contributed by atoms with Crippen LogP contribution in [0.5, 0.6) is 0 Å². The number of nitrogens with zero attached hydrogens (tertiary/aromatic N) is 1. The van der Waals surface area contributed by atoms with E-state index in [0.717, 1.165) is 5.56 Å². The normalized spacial score (nSPS) is 11.7. The van der Waals surface area contributed by atoms with Crippen molar-refractivity contribution in [1.29, 1.82) is 0 Å². The zero-order chi connectivity index (χ0) is 15.5. The Morgan fingerprint density at radius 1 is 1.48 bits per heavy atom. The Morgan fingerprint density at radius 3 is 2.81 bits per heavy atom. The van der Waals surface area contributed by atoms with Gasteiger partial charge in [-0.3, -0.25) is 0 Å². The van der Waals surface area contributed by atoms with Gasteiger partial charge in [-0.15, -0.1) is 0 Å². The molecule has 7 nitrogen and oxygen atoms in total. The molecular formula is C13H17N3O4S. The highest BCUT2D eigenvalue weighted by atomic mass is 32.2. The van der Waals surface area contributed by atoms with Gasteiger partial charge >= 0.3 is 5.97 Å². The Morgan fingerprint density at radius 2 is 2.24 bits per heavy atom. The zero-order valence-corrected chi connectivity index (χ0v) is 12.4. The van der Waals surface area contributed by atoms with Crippen LogP contribution in [0, 0.1) is 0 Å². The number of H-pyrrole nitrogens is 1. The monoisotopic (exact) mass is 311 g/mol. The fourth-order valence-electron chi connectivity index (χ4n) is 1.97. The third-order valence-corrected chi connectivity index (χ3v) is 4.36. The van der Waals surface area contributed by atoms with Gasteiger partial charge in [0.1, 0.15) is 10.6 Å². The van der Waals surface area contributed by atoms with Crippen molar-refractivity contribution in [3.8, 4) is 0 Å². The van der Waals surface area contributed by atoms with Crippen LogP contribution >= 0.6 is 0 Å². The van der Waals surface area contributed by atoms with E-state index in [4.69, 9.17) is 5.11 Å². The van der Waals surface area contributed by atoms with Crippen molar-refractivity contribution in [1.82, 2.24) is 14.3 Å². The van der Waals surface area contributed by atoms with Gasteiger partial charge in [0.15, 0.2) is 0 Å². The smallest absolute Gasteiger partial charge is 0.352 e. The number of carboxylic acid groups (broad SMARTS) is 1. The Bertz CT molecular complexity index is 717. The molecule has 0 aliphatic heterocycles. The van der Waals surface area contributed by atoms with Crippen LogP contribution in [-0.4, -0.2) is 29.0 Å². The van der Waals surface area contributed by atoms with Crippen molar-refractivity contribution in [3.63, 3.8) is 0 Å². The molecule has 0 radical (unpaired) electrons. The molecule has 0 spiro atoms. The van der Waals surface area contributed by atoms with Gasteiger partial charge in [0.2, 0.25) is 10.0 Å². The Hall–Kier alpha value is -2.06. The standard InChI is InChI=1S/C13H17N3O4S/c1-2-5-16-9-11(6-12(16)13(17)18)21(19,20)15-8-10-3-4-14-7-10/h3-4,6-7,9,14-15H,2,5,8H2,1H3,(H,17,18). The molecule has 3 N–H and O–H groups in total. The predicted molar refractivity (Wildman–Crippen MR) is 76.5 cm³/mol. The maximum Gasteiger partial charge on any atom is 0.352 e. The molecule has 0 aliphatic rings. The average molecular weight is 311 g/mol. The second kappa shape index (κ2) is 6.15. The van der Waals surface area contributed by atoms with Crippen LogP contribution in [-0.2, 0) is 23.1 Å². The largest absolute Gasteiger partial charge is 0.477 e. The minimum atomic E-state index is -3.74. The van der Waals surface area contributed by atoms with Gasteiger partial charge in [-0.1, -0.05) is 6.92 Å². The number of aromatic amines is 1. The molecule has 114 valence electrons. The predicted octanol–water partition coefficient (Wildman–Crippen LogP) is 1.40. The fraction of sp³-hybridized carbons (Fsp3) is 0.308. The molecule has 0 unspecified atom stereocenters. The molecule has 0 aliphatic carbocycles. The summed E-state index contributed by atoms with van der Waals surface area (Å²) < 4.78 is 28.3. The van der Waals surface area contributed by atoms with Gasteiger partial charge in [-0.05, 0) is 24.1 Å². The number of sulfonamides is 1. The van der Waals surface area contributed by atoms with Gasteiger partial charge in [-0.2, -0.15) is 0 Å². The number of aryl methyl sites for hydroxylation is 1. The van der Waals surface area contributed by atoms with E-state index >= 15 is 0 Å². The Kier molecular flexibility index (Phi) is 4.49. The van der Waals surface area contributed by atoms with E-state index in [1.165, 1.54) is 16.8 Å². The third kappa shape index (κ3) is 3.53. The summed E-state index contributed by atoms with van der Waals surface area (Å²) >= 11 is 0. The second-order valence-corrected chi connectivity index (χ2v) is 6.37. The lowest BCUT2D eigenvalue weighted by Gasteiger charge is -2.04.